The minimum atomic E-state index is -0.0900. The van der Waals surface area contributed by atoms with Crippen LogP contribution in [0.25, 0.3) is 22.8 Å². The Labute approximate surface area is 163 Å². The second-order valence-corrected chi connectivity index (χ2v) is 7.31. The number of fused-ring (bicyclic) bond motifs is 1. The Balaban J connectivity index is 1.42. The molecule has 5 rings (SSSR count). The first-order valence-electron chi connectivity index (χ1n) is 9.78. The van der Waals surface area contributed by atoms with Gasteiger partial charge in [-0.2, -0.15) is 5.10 Å². The lowest BCUT2D eigenvalue weighted by molar-refractivity contribution is 0.0924. The highest BCUT2D eigenvalue weighted by atomic mass is 16.2. The number of rotatable bonds is 3. The molecule has 0 atom stereocenters. The number of carbonyl (C=O) groups is 1. The van der Waals surface area contributed by atoms with E-state index in [2.05, 4.69) is 45.0 Å². The molecule has 0 saturated carbocycles. The molecule has 0 aliphatic carbocycles. The number of nitrogens with one attached hydrogen (secondary N) is 2. The molecule has 1 amide bonds. The number of benzene rings is 1. The molecule has 2 aliphatic heterocycles. The fourth-order valence-electron chi connectivity index (χ4n) is 3.96. The molecule has 2 N–H and O–H groups in total. The topological polar surface area (TPSA) is 84.7 Å². The number of aromatic nitrogens is 4. The Morgan fingerprint density at radius 2 is 1.82 bits per heavy atom. The molecule has 2 aliphatic rings. The zero-order valence-corrected chi connectivity index (χ0v) is 15.6. The molecular formula is C21H22N6O. The second-order valence-electron chi connectivity index (χ2n) is 7.31. The Morgan fingerprint density at radius 1 is 1.00 bits per heavy atom. The molecule has 0 unspecified atom stereocenters. The van der Waals surface area contributed by atoms with Gasteiger partial charge < -0.3 is 10.6 Å². The third kappa shape index (κ3) is 3.18. The summed E-state index contributed by atoms with van der Waals surface area (Å²) in [7, 11) is 0. The van der Waals surface area contributed by atoms with Gasteiger partial charge in [0, 0.05) is 18.3 Å². The quantitative estimate of drug-likeness (QED) is 0.734. The lowest BCUT2D eigenvalue weighted by atomic mass is 9.90. The van der Waals surface area contributed by atoms with Gasteiger partial charge in [-0.1, -0.05) is 24.3 Å². The maximum Gasteiger partial charge on any atom is 0.269 e. The molecule has 0 bridgehead atoms. The van der Waals surface area contributed by atoms with Crippen LogP contribution >= 0.6 is 0 Å². The van der Waals surface area contributed by atoms with Crippen LogP contribution in [0.4, 0.5) is 0 Å². The molecule has 1 aromatic carbocycles. The van der Waals surface area contributed by atoms with Crippen LogP contribution < -0.4 is 10.6 Å². The standard InChI is InChI=1S/C21H22N6O/c28-21-19-13-18(26-27(19)12-11-24-21)17-7-10-23-20(25-17)16-3-1-14(2-4-16)15-5-8-22-9-6-15/h1-4,7,10,13,15,22H,5-6,8-9,11-12H2,(H,24,28). The summed E-state index contributed by atoms with van der Waals surface area (Å²) in [6.07, 6.45) is 4.12. The predicted octanol–water partition coefficient (Wildman–Crippen LogP) is 2.22. The van der Waals surface area contributed by atoms with E-state index in [-0.39, 0.29) is 5.91 Å². The van der Waals surface area contributed by atoms with Crippen molar-refractivity contribution in [2.24, 2.45) is 0 Å². The van der Waals surface area contributed by atoms with E-state index >= 15 is 0 Å². The summed E-state index contributed by atoms with van der Waals surface area (Å²) in [4.78, 5) is 21.1. The summed E-state index contributed by atoms with van der Waals surface area (Å²) < 4.78 is 1.74. The van der Waals surface area contributed by atoms with E-state index in [1.807, 2.05) is 6.07 Å². The molecule has 7 heteroatoms. The first-order chi connectivity index (χ1) is 13.8. The average molecular weight is 374 g/mol. The Hall–Kier alpha value is -3.06. The monoisotopic (exact) mass is 374 g/mol. The van der Waals surface area contributed by atoms with Crippen molar-refractivity contribution < 1.29 is 4.79 Å². The van der Waals surface area contributed by atoms with Crippen LogP contribution in [0.15, 0.2) is 42.6 Å². The van der Waals surface area contributed by atoms with Gasteiger partial charge >= 0.3 is 0 Å². The van der Waals surface area contributed by atoms with E-state index < -0.39 is 0 Å². The Morgan fingerprint density at radius 3 is 2.61 bits per heavy atom. The highest BCUT2D eigenvalue weighted by Crippen LogP contribution is 2.27. The Bertz CT molecular complexity index is 1000. The van der Waals surface area contributed by atoms with Crippen molar-refractivity contribution in [2.75, 3.05) is 19.6 Å². The van der Waals surface area contributed by atoms with Gasteiger partial charge in [-0.25, -0.2) is 9.97 Å². The number of amides is 1. The predicted molar refractivity (Wildman–Crippen MR) is 106 cm³/mol. The van der Waals surface area contributed by atoms with Crippen molar-refractivity contribution in [2.45, 2.75) is 25.3 Å². The van der Waals surface area contributed by atoms with Crippen molar-refractivity contribution in [3.63, 3.8) is 0 Å². The first-order valence-corrected chi connectivity index (χ1v) is 9.78. The first kappa shape index (κ1) is 17.1. The number of hydrogen-bond donors (Lipinski definition) is 2. The van der Waals surface area contributed by atoms with Gasteiger partial charge in [0.15, 0.2) is 5.82 Å². The minimum Gasteiger partial charge on any atom is -0.349 e. The van der Waals surface area contributed by atoms with Crippen LogP contribution in [-0.2, 0) is 6.54 Å². The summed E-state index contributed by atoms with van der Waals surface area (Å²) >= 11 is 0. The summed E-state index contributed by atoms with van der Waals surface area (Å²) in [5.41, 5.74) is 4.37. The molecule has 4 heterocycles. The van der Waals surface area contributed by atoms with Gasteiger partial charge in [-0.15, -0.1) is 0 Å². The Kier molecular flexibility index (Phi) is 4.37. The summed E-state index contributed by atoms with van der Waals surface area (Å²) in [5, 5.41) is 10.8. The number of hydrogen-bond acceptors (Lipinski definition) is 5. The maximum absolute atomic E-state index is 12.0. The molecule has 28 heavy (non-hydrogen) atoms. The normalized spacial score (nSPS) is 17.2. The van der Waals surface area contributed by atoms with Crippen LogP contribution in [0.5, 0.6) is 0 Å². The van der Waals surface area contributed by atoms with Crippen LogP contribution in [0.2, 0.25) is 0 Å². The maximum atomic E-state index is 12.0. The summed E-state index contributed by atoms with van der Waals surface area (Å²) in [6.45, 7) is 3.46. The fourth-order valence-corrected chi connectivity index (χ4v) is 3.96. The molecule has 142 valence electrons. The third-order valence-electron chi connectivity index (χ3n) is 5.52. The van der Waals surface area contributed by atoms with Crippen LogP contribution in [0.1, 0.15) is 34.8 Å². The average Bonchev–Trinajstić information content (AvgIpc) is 3.21. The van der Waals surface area contributed by atoms with Crippen molar-refractivity contribution in [3.05, 3.63) is 53.9 Å². The highest BCUT2D eigenvalue weighted by molar-refractivity contribution is 5.94. The summed E-state index contributed by atoms with van der Waals surface area (Å²) in [5.74, 6) is 1.21. The molecule has 1 fully saturated rings. The van der Waals surface area contributed by atoms with E-state index in [1.54, 1.807) is 16.9 Å². The fraction of sp³-hybridized carbons (Fsp3) is 0.333. The van der Waals surface area contributed by atoms with Gasteiger partial charge in [0.25, 0.3) is 5.91 Å². The van der Waals surface area contributed by atoms with Crippen molar-refractivity contribution in [1.82, 2.24) is 30.4 Å². The third-order valence-corrected chi connectivity index (χ3v) is 5.52. The van der Waals surface area contributed by atoms with Gasteiger partial charge in [0.05, 0.1) is 12.2 Å². The van der Waals surface area contributed by atoms with Gasteiger partial charge in [0.2, 0.25) is 0 Å². The van der Waals surface area contributed by atoms with Crippen molar-refractivity contribution in [3.8, 4) is 22.8 Å². The zero-order chi connectivity index (χ0) is 18.9. The molecule has 0 radical (unpaired) electrons. The smallest absolute Gasteiger partial charge is 0.269 e. The lowest BCUT2D eigenvalue weighted by Gasteiger charge is -2.23. The lowest BCUT2D eigenvalue weighted by Crippen LogP contribution is -2.35. The molecular weight excluding hydrogens is 352 g/mol. The van der Waals surface area contributed by atoms with Crippen LogP contribution in [-0.4, -0.2) is 45.3 Å². The van der Waals surface area contributed by atoms with E-state index in [0.29, 0.717) is 36.2 Å². The molecule has 7 nitrogen and oxygen atoms in total. The molecule has 1 saturated heterocycles. The van der Waals surface area contributed by atoms with E-state index in [1.165, 1.54) is 18.4 Å². The van der Waals surface area contributed by atoms with Crippen molar-refractivity contribution >= 4 is 5.91 Å². The van der Waals surface area contributed by atoms with Gasteiger partial charge in [0.1, 0.15) is 11.4 Å². The molecule has 0 spiro atoms. The number of carbonyl (C=O) groups excluding carboxylic acids is 1. The van der Waals surface area contributed by atoms with Crippen LogP contribution in [0, 0.1) is 0 Å². The van der Waals surface area contributed by atoms with Gasteiger partial charge in [-0.05, 0) is 49.5 Å². The minimum absolute atomic E-state index is 0.0900. The summed E-state index contributed by atoms with van der Waals surface area (Å²) in [6, 6.07) is 12.2. The zero-order valence-electron chi connectivity index (χ0n) is 15.6. The molecule has 2 aromatic heterocycles. The second kappa shape index (κ2) is 7.16. The highest BCUT2D eigenvalue weighted by Gasteiger charge is 2.20. The van der Waals surface area contributed by atoms with E-state index in [4.69, 9.17) is 4.98 Å². The van der Waals surface area contributed by atoms with Crippen molar-refractivity contribution in [1.29, 1.82) is 0 Å². The number of nitrogens with zero attached hydrogens (tertiary/aromatic N) is 4. The number of piperidine rings is 1. The van der Waals surface area contributed by atoms with E-state index in [0.717, 1.165) is 24.3 Å². The van der Waals surface area contributed by atoms with Gasteiger partial charge in [-0.3, -0.25) is 9.48 Å². The van der Waals surface area contributed by atoms with Crippen LogP contribution in [0.3, 0.4) is 0 Å². The largest absolute Gasteiger partial charge is 0.349 e. The van der Waals surface area contributed by atoms with E-state index in [9.17, 15) is 4.79 Å². The SMILES string of the molecule is O=C1NCCn2nc(-c3ccnc(-c4ccc(C5CCNCC5)cc4)n3)cc21. The molecule has 3 aromatic rings.